The van der Waals surface area contributed by atoms with E-state index in [-0.39, 0.29) is 12.0 Å². The van der Waals surface area contributed by atoms with Gasteiger partial charge in [0.25, 0.3) is 0 Å². The Morgan fingerprint density at radius 2 is 1.87 bits per heavy atom. The summed E-state index contributed by atoms with van der Waals surface area (Å²) in [5.41, 5.74) is -0.0941. The summed E-state index contributed by atoms with van der Waals surface area (Å²) < 4.78 is 13.5. The third-order valence-corrected chi connectivity index (χ3v) is 4.57. The van der Waals surface area contributed by atoms with Gasteiger partial charge in [0.2, 0.25) is 5.95 Å². The molecule has 0 aliphatic heterocycles. The first-order valence-electron chi connectivity index (χ1n) is 9.48. The number of para-hydroxylation sites is 1. The molecule has 3 N–H and O–H groups in total. The van der Waals surface area contributed by atoms with Gasteiger partial charge in [-0.1, -0.05) is 24.3 Å². The highest BCUT2D eigenvalue weighted by atomic mass is 19.1. The number of amides is 2. The predicted octanol–water partition coefficient (Wildman–Crippen LogP) is 4.56. The fourth-order valence-electron chi connectivity index (χ4n) is 2.59. The number of aliphatic hydroxyl groups is 1. The van der Waals surface area contributed by atoms with Crippen molar-refractivity contribution in [3.8, 4) is 0 Å². The molecule has 2 aromatic carbocycles. The molecular formula is C22H24FN5O2. The van der Waals surface area contributed by atoms with E-state index < -0.39 is 17.4 Å². The van der Waals surface area contributed by atoms with Crippen molar-refractivity contribution in [1.29, 1.82) is 0 Å². The van der Waals surface area contributed by atoms with Gasteiger partial charge in [0.05, 0.1) is 17.3 Å². The van der Waals surface area contributed by atoms with Crippen molar-refractivity contribution in [3.63, 3.8) is 0 Å². The molecule has 0 bridgehead atoms. The number of anilines is 4. The topological polar surface area (TPSA) is 90.4 Å². The van der Waals surface area contributed by atoms with Gasteiger partial charge in [0.1, 0.15) is 11.6 Å². The molecule has 0 fully saturated rings. The van der Waals surface area contributed by atoms with Crippen LogP contribution < -0.4 is 15.5 Å². The number of halogens is 1. The van der Waals surface area contributed by atoms with Crippen LogP contribution in [0.1, 0.15) is 20.8 Å². The molecule has 0 aliphatic rings. The van der Waals surface area contributed by atoms with Crippen LogP contribution >= 0.6 is 0 Å². The SMILES string of the molecule is CC(Nc1nccc(N(C(=O)Nc2cccc(F)c2)c2ccccc2)n1)C(C)(C)O. The highest BCUT2D eigenvalue weighted by Gasteiger charge is 2.24. The van der Waals surface area contributed by atoms with Crippen LogP contribution in [-0.2, 0) is 0 Å². The van der Waals surface area contributed by atoms with E-state index in [2.05, 4.69) is 20.6 Å². The Bertz CT molecular complexity index is 1010. The zero-order valence-corrected chi connectivity index (χ0v) is 17.0. The van der Waals surface area contributed by atoms with Gasteiger partial charge >= 0.3 is 6.03 Å². The zero-order chi connectivity index (χ0) is 21.7. The van der Waals surface area contributed by atoms with Gasteiger partial charge in [-0.3, -0.25) is 0 Å². The third kappa shape index (κ3) is 5.30. The predicted molar refractivity (Wildman–Crippen MR) is 115 cm³/mol. The lowest BCUT2D eigenvalue weighted by Crippen LogP contribution is -2.40. The van der Waals surface area contributed by atoms with Crippen LogP contribution in [0.5, 0.6) is 0 Å². The fourth-order valence-corrected chi connectivity index (χ4v) is 2.59. The molecule has 0 saturated carbocycles. The van der Waals surface area contributed by atoms with E-state index in [1.54, 1.807) is 50.2 Å². The van der Waals surface area contributed by atoms with Gasteiger partial charge in [0, 0.05) is 18.0 Å². The van der Waals surface area contributed by atoms with Crippen molar-refractivity contribution in [2.45, 2.75) is 32.4 Å². The van der Waals surface area contributed by atoms with Gasteiger partial charge in [-0.2, -0.15) is 4.98 Å². The first kappa shape index (κ1) is 21.2. The molecule has 3 aromatic rings. The minimum atomic E-state index is -0.993. The molecule has 1 aromatic heterocycles. The average Bonchev–Trinajstić information content (AvgIpc) is 2.68. The Morgan fingerprint density at radius 1 is 1.13 bits per heavy atom. The van der Waals surface area contributed by atoms with Crippen LogP contribution in [-0.4, -0.2) is 32.7 Å². The number of hydrogen-bond donors (Lipinski definition) is 3. The second kappa shape index (κ2) is 8.87. The molecule has 0 radical (unpaired) electrons. The van der Waals surface area contributed by atoms with Crippen molar-refractivity contribution in [2.75, 3.05) is 15.5 Å². The molecular weight excluding hydrogens is 385 g/mol. The molecule has 1 atom stereocenters. The maximum Gasteiger partial charge on any atom is 0.332 e. The Balaban J connectivity index is 1.93. The quantitative estimate of drug-likeness (QED) is 0.555. The first-order valence-corrected chi connectivity index (χ1v) is 9.48. The Morgan fingerprint density at radius 3 is 2.53 bits per heavy atom. The molecule has 1 unspecified atom stereocenters. The van der Waals surface area contributed by atoms with E-state index in [0.29, 0.717) is 17.2 Å². The maximum atomic E-state index is 13.5. The summed E-state index contributed by atoms with van der Waals surface area (Å²) in [5.74, 6) is 0.130. The van der Waals surface area contributed by atoms with Crippen LogP contribution in [0.25, 0.3) is 0 Å². The summed E-state index contributed by atoms with van der Waals surface area (Å²) in [6, 6.07) is 15.4. The molecule has 0 spiro atoms. The summed E-state index contributed by atoms with van der Waals surface area (Å²) in [6.45, 7) is 5.16. The zero-order valence-electron chi connectivity index (χ0n) is 17.0. The molecule has 156 valence electrons. The molecule has 0 saturated heterocycles. The largest absolute Gasteiger partial charge is 0.388 e. The lowest BCUT2D eigenvalue weighted by molar-refractivity contribution is 0.0646. The lowest BCUT2D eigenvalue weighted by Gasteiger charge is -2.27. The van der Waals surface area contributed by atoms with Gasteiger partial charge in [0.15, 0.2) is 0 Å². The van der Waals surface area contributed by atoms with Crippen molar-refractivity contribution in [2.24, 2.45) is 0 Å². The Kier molecular flexibility index (Phi) is 6.27. The smallest absolute Gasteiger partial charge is 0.332 e. The summed E-state index contributed by atoms with van der Waals surface area (Å²) >= 11 is 0. The van der Waals surface area contributed by atoms with Crippen molar-refractivity contribution >= 4 is 29.2 Å². The number of urea groups is 1. The first-order chi connectivity index (χ1) is 14.2. The number of nitrogens with zero attached hydrogens (tertiary/aromatic N) is 3. The molecule has 7 nitrogen and oxygen atoms in total. The number of rotatable bonds is 6. The fraction of sp³-hybridized carbons (Fsp3) is 0.227. The number of carbonyl (C=O) groups is 1. The highest BCUT2D eigenvalue weighted by molar-refractivity contribution is 6.06. The van der Waals surface area contributed by atoms with Crippen LogP contribution in [0.15, 0.2) is 66.9 Å². The molecule has 0 aliphatic carbocycles. The van der Waals surface area contributed by atoms with Crippen LogP contribution in [0, 0.1) is 5.82 Å². The third-order valence-electron chi connectivity index (χ3n) is 4.57. The summed E-state index contributed by atoms with van der Waals surface area (Å²) in [4.78, 5) is 23.1. The number of hydrogen-bond acceptors (Lipinski definition) is 5. The Labute approximate surface area is 174 Å². The summed E-state index contributed by atoms with van der Waals surface area (Å²) in [6.07, 6.45) is 1.52. The van der Waals surface area contributed by atoms with E-state index in [1.807, 2.05) is 13.0 Å². The average molecular weight is 409 g/mol. The number of aromatic nitrogens is 2. The van der Waals surface area contributed by atoms with Crippen molar-refractivity contribution in [3.05, 3.63) is 72.7 Å². The van der Waals surface area contributed by atoms with Crippen molar-refractivity contribution < 1.29 is 14.3 Å². The molecule has 30 heavy (non-hydrogen) atoms. The highest BCUT2D eigenvalue weighted by Crippen LogP contribution is 2.26. The molecule has 1 heterocycles. The molecule has 3 rings (SSSR count). The maximum absolute atomic E-state index is 13.5. The normalized spacial score (nSPS) is 12.2. The van der Waals surface area contributed by atoms with Crippen LogP contribution in [0.3, 0.4) is 0 Å². The molecule has 2 amide bonds. The second-order valence-electron chi connectivity index (χ2n) is 7.37. The van der Waals surface area contributed by atoms with Gasteiger partial charge < -0.3 is 15.7 Å². The van der Waals surface area contributed by atoms with Crippen LogP contribution in [0.2, 0.25) is 0 Å². The Hall–Kier alpha value is -3.52. The van der Waals surface area contributed by atoms with E-state index in [0.717, 1.165) is 0 Å². The summed E-state index contributed by atoms with van der Waals surface area (Å²) in [7, 11) is 0. The van der Waals surface area contributed by atoms with Crippen molar-refractivity contribution in [1.82, 2.24) is 9.97 Å². The van der Waals surface area contributed by atoms with Gasteiger partial charge in [-0.05, 0) is 51.1 Å². The number of benzene rings is 2. The number of nitrogens with one attached hydrogen (secondary N) is 2. The van der Waals surface area contributed by atoms with E-state index in [4.69, 9.17) is 0 Å². The second-order valence-corrected chi connectivity index (χ2v) is 7.37. The van der Waals surface area contributed by atoms with E-state index in [9.17, 15) is 14.3 Å². The van der Waals surface area contributed by atoms with Gasteiger partial charge in [-0.15, -0.1) is 0 Å². The van der Waals surface area contributed by atoms with E-state index >= 15 is 0 Å². The minimum absolute atomic E-state index is 0.265. The molecule has 8 heteroatoms. The number of carbonyl (C=O) groups excluding carboxylic acids is 1. The van der Waals surface area contributed by atoms with Gasteiger partial charge in [-0.25, -0.2) is 19.1 Å². The van der Waals surface area contributed by atoms with E-state index in [1.165, 1.54) is 29.3 Å². The summed E-state index contributed by atoms with van der Waals surface area (Å²) in [5, 5.41) is 15.9. The standard InChI is InChI=1S/C22H24FN5O2/c1-15(22(2,3)30)25-20-24-13-12-19(27-20)28(18-10-5-4-6-11-18)21(29)26-17-9-7-8-16(23)14-17/h4-15,30H,1-3H3,(H,26,29)(H,24,25,27). The monoisotopic (exact) mass is 409 g/mol. The minimum Gasteiger partial charge on any atom is -0.388 e. The van der Waals surface area contributed by atoms with Crippen LogP contribution in [0.4, 0.5) is 32.3 Å². The lowest BCUT2D eigenvalue weighted by atomic mass is 10.0.